The van der Waals surface area contributed by atoms with Crippen LogP contribution in [0.15, 0.2) is 77.6 Å². The smallest absolute Gasteiger partial charge is 0.252 e. The van der Waals surface area contributed by atoms with Gasteiger partial charge in [-0.2, -0.15) is 0 Å². The van der Waals surface area contributed by atoms with Crippen LogP contribution in [-0.4, -0.2) is 43.5 Å². The first-order chi connectivity index (χ1) is 19.6. The van der Waals surface area contributed by atoms with Gasteiger partial charge in [-0.1, -0.05) is 36.4 Å². The average Bonchev–Trinajstić information content (AvgIpc) is 3.62. The van der Waals surface area contributed by atoms with E-state index in [0.717, 1.165) is 46.0 Å². The minimum atomic E-state index is -0.129. The Labute approximate surface area is 231 Å². The molecule has 0 unspecified atom stereocenters. The van der Waals surface area contributed by atoms with Gasteiger partial charge in [0.05, 0.1) is 13.2 Å². The molecule has 3 heterocycles. The summed E-state index contributed by atoms with van der Waals surface area (Å²) in [4.78, 5) is 18.3. The third kappa shape index (κ3) is 5.81. The zero-order valence-corrected chi connectivity index (χ0v) is 22.2. The van der Waals surface area contributed by atoms with Gasteiger partial charge in [0.1, 0.15) is 5.75 Å². The van der Waals surface area contributed by atoms with Crippen LogP contribution in [0.1, 0.15) is 29.4 Å². The van der Waals surface area contributed by atoms with E-state index >= 15 is 0 Å². The van der Waals surface area contributed by atoms with E-state index in [1.165, 1.54) is 5.56 Å². The van der Waals surface area contributed by atoms with E-state index in [0.29, 0.717) is 38.3 Å². The van der Waals surface area contributed by atoms with E-state index in [4.69, 9.17) is 14.2 Å². The molecule has 0 saturated heterocycles. The van der Waals surface area contributed by atoms with Crippen molar-refractivity contribution in [2.24, 2.45) is 0 Å². The zero-order valence-electron chi connectivity index (χ0n) is 22.2. The Balaban J connectivity index is 1.28. The van der Waals surface area contributed by atoms with E-state index in [9.17, 15) is 4.79 Å². The van der Waals surface area contributed by atoms with Crippen molar-refractivity contribution in [3.05, 3.63) is 106 Å². The van der Waals surface area contributed by atoms with Gasteiger partial charge < -0.3 is 19.2 Å². The Morgan fingerprint density at radius 2 is 1.82 bits per heavy atom. The van der Waals surface area contributed by atoms with Crippen molar-refractivity contribution >= 4 is 10.9 Å². The van der Waals surface area contributed by atoms with E-state index in [2.05, 4.69) is 37.5 Å². The summed E-state index contributed by atoms with van der Waals surface area (Å²) in [6, 6.07) is 23.8. The molecule has 10 heteroatoms. The van der Waals surface area contributed by atoms with Gasteiger partial charge in [0, 0.05) is 36.1 Å². The van der Waals surface area contributed by atoms with Gasteiger partial charge in [0.25, 0.3) is 5.56 Å². The van der Waals surface area contributed by atoms with Gasteiger partial charge in [-0.25, -0.2) is 4.68 Å². The molecule has 204 valence electrons. The Morgan fingerprint density at radius 1 is 0.950 bits per heavy atom. The fraction of sp³-hybridized carbons (Fsp3) is 0.267. The highest BCUT2D eigenvalue weighted by Crippen LogP contribution is 2.33. The number of hydrogen-bond acceptors (Lipinski definition) is 8. The van der Waals surface area contributed by atoms with Crippen LogP contribution in [0.4, 0.5) is 0 Å². The summed E-state index contributed by atoms with van der Waals surface area (Å²) in [6.45, 7) is 4.79. The van der Waals surface area contributed by atoms with Gasteiger partial charge >= 0.3 is 0 Å². The molecule has 0 radical (unpaired) electrons. The van der Waals surface area contributed by atoms with Gasteiger partial charge in [-0.3, -0.25) is 9.69 Å². The van der Waals surface area contributed by atoms with Crippen LogP contribution in [0, 0.1) is 0 Å². The maximum atomic E-state index is 13.1. The number of tetrazole rings is 1. The van der Waals surface area contributed by atoms with Crippen molar-refractivity contribution in [1.29, 1.82) is 0 Å². The van der Waals surface area contributed by atoms with Crippen LogP contribution < -0.4 is 19.8 Å². The molecule has 1 aliphatic rings. The Kier molecular flexibility index (Phi) is 7.41. The first-order valence-electron chi connectivity index (χ1n) is 13.3. The number of hydrogen-bond donors (Lipinski definition) is 1. The molecule has 5 aromatic rings. The van der Waals surface area contributed by atoms with E-state index in [-0.39, 0.29) is 12.4 Å². The molecule has 6 rings (SSSR count). The Morgan fingerprint density at radius 3 is 2.70 bits per heavy atom. The topological polar surface area (TPSA) is 107 Å². The van der Waals surface area contributed by atoms with E-state index in [1.807, 2.05) is 72.3 Å². The molecule has 0 spiro atoms. The number of benzene rings is 3. The number of H-pyrrole nitrogens is 1. The molecule has 0 atom stereocenters. The van der Waals surface area contributed by atoms with Crippen molar-refractivity contribution < 1.29 is 14.2 Å². The number of ether oxygens (including phenoxy) is 3. The first-order valence-corrected chi connectivity index (χ1v) is 13.3. The highest BCUT2D eigenvalue weighted by Gasteiger charge is 2.19. The van der Waals surface area contributed by atoms with Gasteiger partial charge in [0.2, 0.25) is 6.79 Å². The van der Waals surface area contributed by atoms with Gasteiger partial charge in [0.15, 0.2) is 17.3 Å². The fourth-order valence-electron chi connectivity index (χ4n) is 4.90. The monoisotopic (exact) mass is 538 g/mol. The molecule has 1 N–H and O–H groups in total. The maximum Gasteiger partial charge on any atom is 0.252 e. The van der Waals surface area contributed by atoms with Crippen LogP contribution in [0.25, 0.3) is 10.9 Å². The van der Waals surface area contributed by atoms with E-state index in [1.54, 1.807) is 0 Å². The third-order valence-corrected chi connectivity index (χ3v) is 6.87. The average molecular weight is 539 g/mol. The highest BCUT2D eigenvalue weighted by atomic mass is 16.7. The minimum Gasteiger partial charge on any atom is -0.494 e. The second kappa shape index (κ2) is 11.6. The van der Waals surface area contributed by atoms with Crippen LogP contribution in [0.2, 0.25) is 0 Å². The SMILES string of the molecule is CCOc1ccc2[nH]c(=O)c(CN(Cc3ccc4c(c3)OCO4)Cc3nnnn3CCc3ccccc3)cc2c1. The molecule has 40 heavy (non-hydrogen) atoms. The number of pyridine rings is 1. The van der Waals surface area contributed by atoms with Gasteiger partial charge in [-0.05, 0) is 71.3 Å². The first kappa shape index (κ1) is 25.6. The lowest BCUT2D eigenvalue weighted by molar-refractivity contribution is 0.174. The molecular weight excluding hydrogens is 508 g/mol. The number of aryl methyl sites for hydroxylation is 2. The summed E-state index contributed by atoms with van der Waals surface area (Å²) >= 11 is 0. The Bertz CT molecular complexity index is 1670. The fourth-order valence-corrected chi connectivity index (χ4v) is 4.90. The predicted octanol–water partition coefficient (Wildman–Crippen LogP) is 4.09. The zero-order chi connectivity index (χ0) is 27.3. The quantitative estimate of drug-likeness (QED) is 0.268. The molecule has 10 nitrogen and oxygen atoms in total. The molecule has 0 fully saturated rings. The summed E-state index contributed by atoms with van der Waals surface area (Å²) in [7, 11) is 0. The lowest BCUT2D eigenvalue weighted by Gasteiger charge is -2.22. The molecule has 0 amide bonds. The number of aromatic nitrogens is 5. The summed E-state index contributed by atoms with van der Waals surface area (Å²) in [5, 5.41) is 13.4. The second-order valence-electron chi connectivity index (χ2n) is 9.69. The van der Waals surface area contributed by atoms with Crippen LogP contribution in [0.5, 0.6) is 17.2 Å². The van der Waals surface area contributed by atoms with E-state index < -0.39 is 0 Å². The summed E-state index contributed by atoms with van der Waals surface area (Å²) < 4.78 is 18.6. The number of rotatable bonds is 11. The number of aromatic amines is 1. The van der Waals surface area contributed by atoms with Crippen LogP contribution in [-0.2, 0) is 32.6 Å². The maximum absolute atomic E-state index is 13.1. The van der Waals surface area contributed by atoms with Crippen LogP contribution >= 0.6 is 0 Å². The highest BCUT2D eigenvalue weighted by molar-refractivity contribution is 5.80. The van der Waals surface area contributed by atoms with Crippen molar-refractivity contribution in [3.63, 3.8) is 0 Å². The molecule has 3 aromatic carbocycles. The predicted molar refractivity (Wildman–Crippen MR) is 149 cm³/mol. The van der Waals surface area contributed by atoms with Crippen LogP contribution in [0.3, 0.4) is 0 Å². The molecule has 0 saturated carbocycles. The minimum absolute atomic E-state index is 0.129. The van der Waals surface area contributed by atoms with Crippen molar-refractivity contribution in [2.45, 2.75) is 39.5 Å². The standard InChI is InChI=1S/C30H30N6O4/c1-2-38-25-9-10-26-23(16-25)15-24(30(37)31-26)18-35(17-22-8-11-27-28(14-22)40-20-39-27)19-29-32-33-34-36(29)13-12-21-6-4-3-5-7-21/h3-11,14-16H,2,12-13,17-20H2,1H3,(H,31,37). The summed E-state index contributed by atoms with van der Waals surface area (Å²) in [5.41, 5.74) is 3.53. The lowest BCUT2D eigenvalue weighted by atomic mass is 10.1. The van der Waals surface area contributed by atoms with Crippen molar-refractivity contribution in [3.8, 4) is 17.2 Å². The summed E-state index contributed by atoms with van der Waals surface area (Å²) in [6.07, 6.45) is 0.813. The number of nitrogens with zero attached hydrogens (tertiary/aromatic N) is 5. The molecular formula is C30H30N6O4. The Hall–Kier alpha value is -4.70. The molecule has 1 aliphatic heterocycles. The number of fused-ring (bicyclic) bond motifs is 2. The number of nitrogens with one attached hydrogen (secondary N) is 1. The third-order valence-electron chi connectivity index (χ3n) is 6.87. The summed E-state index contributed by atoms with van der Waals surface area (Å²) in [5.74, 6) is 2.95. The normalized spacial score (nSPS) is 12.3. The molecule has 0 aliphatic carbocycles. The molecule has 2 aromatic heterocycles. The van der Waals surface area contributed by atoms with Crippen molar-refractivity contribution in [1.82, 2.24) is 30.1 Å². The molecule has 0 bridgehead atoms. The lowest BCUT2D eigenvalue weighted by Crippen LogP contribution is -2.28. The largest absolute Gasteiger partial charge is 0.494 e. The second-order valence-corrected chi connectivity index (χ2v) is 9.69. The van der Waals surface area contributed by atoms with Gasteiger partial charge in [-0.15, -0.1) is 5.10 Å². The van der Waals surface area contributed by atoms with Crippen molar-refractivity contribution in [2.75, 3.05) is 13.4 Å².